The highest BCUT2D eigenvalue weighted by atomic mass is 16.5. The largest absolute Gasteiger partial charge is 0.482 e. The van der Waals surface area contributed by atoms with Gasteiger partial charge < -0.3 is 14.7 Å². The Balaban J connectivity index is 1.38. The van der Waals surface area contributed by atoms with Crippen LogP contribution in [0.2, 0.25) is 0 Å². The molecule has 1 N–H and O–H groups in total. The molecule has 5 nitrogen and oxygen atoms in total. The average Bonchev–Trinajstić information content (AvgIpc) is 3.53. The third-order valence-corrected chi connectivity index (χ3v) is 5.41. The molecule has 0 aliphatic heterocycles. The molecule has 3 aromatic carbocycles. The number of hydrogen-bond donors (Lipinski definition) is 1. The van der Waals surface area contributed by atoms with Crippen LogP contribution in [0.1, 0.15) is 23.5 Å². The molecule has 148 valence electrons. The zero-order chi connectivity index (χ0) is 20.4. The van der Waals surface area contributed by atoms with E-state index in [0.29, 0.717) is 12.3 Å². The summed E-state index contributed by atoms with van der Waals surface area (Å²) in [7, 11) is 1.83. The van der Waals surface area contributed by atoms with E-state index in [1.165, 1.54) is 16.3 Å². The first kappa shape index (κ1) is 19.0. The van der Waals surface area contributed by atoms with E-state index in [0.717, 1.165) is 12.0 Å². The molecule has 4 rings (SSSR count). The maximum absolute atomic E-state index is 12.9. The van der Waals surface area contributed by atoms with Crippen molar-refractivity contribution in [1.82, 2.24) is 4.90 Å². The smallest absolute Gasteiger partial charge is 0.341 e. The molecule has 1 aliphatic rings. The molecule has 1 amide bonds. The zero-order valence-electron chi connectivity index (χ0n) is 16.2. The second-order valence-corrected chi connectivity index (χ2v) is 7.54. The number of hydrogen-bond acceptors (Lipinski definition) is 3. The summed E-state index contributed by atoms with van der Waals surface area (Å²) in [5.41, 5.74) is 2.24. The lowest BCUT2D eigenvalue weighted by molar-refractivity contribution is -0.139. The quantitative estimate of drug-likeness (QED) is 0.662. The molecule has 5 heteroatoms. The van der Waals surface area contributed by atoms with Crippen LogP contribution in [0.5, 0.6) is 5.75 Å². The molecule has 0 bridgehead atoms. The Morgan fingerprint density at radius 3 is 2.52 bits per heavy atom. The van der Waals surface area contributed by atoms with Crippen molar-refractivity contribution in [3.63, 3.8) is 0 Å². The first-order valence-corrected chi connectivity index (χ1v) is 9.69. The van der Waals surface area contributed by atoms with Gasteiger partial charge in [0.1, 0.15) is 5.75 Å². The fourth-order valence-corrected chi connectivity index (χ4v) is 3.86. The molecular weight excluding hydrogens is 366 g/mol. The van der Waals surface area contributed by atoms with Gasteiger partial charge in [-0.1, -0.05) is 54.6 Å². The van der Waals surface area contributed by atoms with Crippen LogP contribution in [0.3, 0.4) is 0 Å². The number of aliphatic carboxylic acids is 1. The zero-order valence-corrected chi connectivity index (χ0v) is 16.2. The summed E-state index contributed by atoms with van der Waals surface area (Å²) in [4.78, 5) is 25.2. The van der Waals surface area contributed by atoms with E-state index in [1.807, 2.05) is 31.3 Å². The predicted octanol–water partition coefficient (Wildman–Crippen LogP) is 4.07. The average molecular weight is 389 g/mol. The first-order chi connectivity index (χ1) is 14.0. The monoisotopic (exact) mass is 389 g/mol. The van der Waals surface area contributed by atoms with Crippen LogP contribution in [0.25, 0.3) is 10.8 Å². The second kappa shape index (κ2) is 7.95. The van der Waals surface area contributed by atoms with Crippen molar-refractivity contribution in [2.24, 2.45) is 5.92 Å². The Morgan fingerprint density at radius 1 is 1.03 bits per heavy atom. The van der Waals surface area contributed by atoms with E-state index >= 15 is 0 Å². The van der Waals surface area contributed by atoms with E-state index in [-0.39, 0.29) is 24.3 Å². The molecule has 1 aliphatic carbocycles. The minimum absolute atomic E-state index is 0.0315. The molecule has 0 spiro atoms. The maximum Gasteiger partial charge on any atom is 0.341 e. The molecule has 0 heterocycles. The van der Waals surface area contributed by atoms with Gasteiger partial charge in [-0.15, -0.1) is 0 Å². The lowest BCUT2D eigenvalue weighted by Crippen LogP contribution is -2.28. The molecule has 3 aromatic rings. The van der Waals surface area contributed by atoms with E-state index in [1.54, 1.807) is 17.0 Å². The van der Waals surface area contributed by atoms with Gasteiger partial charge in [0.25, 0.3) is 0 Å². The number of carboxylic acids is 1. The van der Waals surface area contributed by atoms with Crippen molar-refractivity contribution in [3.8, 4) is 5.75 Å². The Bertz CT molecular complexity index is 1040. The molecule has 2 atom stereocenters. The van der Waals surface area contributed by atoms with Crippen LogP contribution in [0.4, 0.5) is 0 Å². The van der Waals surface area contributed by atoms with Gasteiger partial charge >= 0.3 is 5.97 Å². The number of benzene rings is 3. The van der Waals surface area contributed by atoms with E-state index < -0.39 is 5.97 Å². The van der Waals surface area contributed by atoms with Gasteiger partial charge in [-0.2, -0.15) is 0 Å². The number of carboxylic acid groups (broad SMARTS) is 1. The Kier molecular flexibility index (Phi) is 5.21. The molecule has 0 aromatic heterocycles. The van der Waals surface area contributed by atoms with Crippen LogP contribution < -0.4 is 4.74 Å². The van der Waals surface area contributed by atoms with Gasteiger partial charge in [-0.3, -0.25) is 4.79 Å². The Labute approximate surface area is 169 Å². The summed E-state index contributed by atoms with van der Waals surface area (Å²) in [6.45, 7) is 0.145. The third-order valence-electron chi connectivity index (χ3n) is 5.41. The summed E-state index contributed by atoms with van der Waals surface area (Å²) in [5, 5.41) is 11.1. The number of carbonyl (C=O) groups excluding carboxylic acids is 1. The highest BCUT2D eigenvalue weighted by Gasteiger charge is 2.45. The number of carbonyl (C=O) groups is 2. The van der Waals surface area contributed by atoms with Crippen molar-refractivity contribution in [3.05, 3.63) is 77.9 Å². The fraction of sp³-hybridized carbons (Fsp3) is 0.250. The molecular formula is C24H23NO4. The van der Waals surface area contributed by atoms with Gasteiger partial charge in [0.05, 0.1) is 0 Å². The molecule has 1 fully saturated rings. The number of rotatable bonds is 7. The molecule has 0 radical (unpaired) electrons. The number of ether oxygens (including phenoxy) is 1. The normalized spacial score (nSPS) is 17.7. The second-order valence-electron chi connectivity index (χ2n) is 7.54. The van der Waals surface area contributed by atoms with Crippen LogP contribution in [0.15, 0.2) is 66.7 Å². The lowest BCUT2D eigenvalue weighted by atomic mass is 10.00. The van der Waals surface area contributed by atoms with Crippen LogP contribution in [-0.2, 0) is 16.1 Å². The maximum atomic E-state index is 12.9. The Hall–Kier alpha value is -3.34. The van der Waals surface area contributed by atoms with E-state index in [2.05, 4.69) is 30.3 Å². The summed E-state index contributed by atoms with van der Waals surface area (Å²) >= 11 is 0. The number of fused-ring (bicyclic) bond motifs is 1. The minimum atomic E-state index is -1.01. The van der Waals surface area contributed by atoms with Crippen LogP contribution >= 0.6 is 0 Å². The van der Waals surface area contributed by atoms with Gasteiger partial charge in [0, 0.05) is 19.5 Å². The van der Waals surface area contributed by atoms with Crippen LogP contribution in [0, 0.1) is 5.92 Å². The molecule has 2 unspecified atom stereocenters. The summed E-state index contributed by atoms with van der Waals surface area (Å²) in [6.07, 6.45) is 0.888. The first-order valence-electron chi connectivity index (χ1n) is 9.69. The lowest BCUT2D eigenvalue weighted by Gasteiger charge is -2.18. The van der Waals surface area contributed by atoms with E-state index in [9.17, 15) is 9.59 Å². The molecule has 29 heavy (non-hydrogen) atoms. The summed E-state index contributed by atoms with van der Waals surface area (Å²) < 4.78 is 5.14. The number of amides is 1. The van der Waals surface area contributed by atoms with Crippen molar-refractivity contribution in [2.75, 3.05) is 13.7 Å². The van der Waals surface area contributed by atoms with Crippen molar-refractivity contribution >= 4 is 22.6 Å². The van der Waals surface area contributed by atoms with Gasteiger partial charge in [-0.05, 0) is 46.4 Å². The SMILES string of the molecule is CN(Cc1ccc(OCC(=O)O)cc1)C(=O)C1CC1c1cccc2ccccc12. The predicted molar refractivity (Wildman–Crippen MR) is 111 cm³/mol. The molecule has 1 saturated carbocycles. The van der Waals surface area contributed by atoms with Gasteiger partial charge in [-0.25, -0.2) is 4.79 Å². The van der Waals surface area contributed by atoms with Crippen molar-refractivity contribution < 1.29 is 19.4 Å². The third kappa shape index (κ3) is 4.24. The highest BCUT2D eigenvalue weighted by Crippen LogP contribution is 2.50. The van der Waals surface area contributed by atoms with Crippen LogP contribution in [-0.4, -0.2) is 35.5 Å². The summed E-state index contributed by atoms with van der Waals surface area (Å²) in [5.74, 6) is -0.0334. The summed E-state index contributed by atoms with van der Waals surface area (Å²) in [6, 6.07) is 21.8. The fourth-order valence-electron chi connectivity index (χ4n) is 3.86. The van der Waals surface area contributed by atoms with Crippen molar-refractivity contribution in [2.45, 2.75) is 18.9 Å². The minimum Gasteiger partial charge on any atom is -0.482 e. The highest BCUT2D eigenvalue weighted by molar-refractivity contribution is 5.89. The Morgan fingerprint density at radius 2 is 1.76 bits per heavy atom. The standard InChI is InChI=1S/C24H23NO4/c1-25(14-16-9-11-18(12-10-16)29-15-23(26)27)24(28)22-13-21(22)20-8-4-6-17-5-2-3-7-19(17)20/h2-12,21-22H,13-15H2,1H3,(H,26,27). The van der Waals surface area contributed by atoms with Gasteiger partial charge in [0.15, 0.2) is 6.61 Å². The van der Waals surface area contributed by atoms with Crippen molar-refractivity contribution in [1.29, 1.82) is 0 Å². The molecule has 0 saturated heterocycles. The number of nitrogens with zero attached hydrogens (tertiary/aromatic N) is 1. The van der Waals surface area contributed by atoms with Gasteiger partial charge in [0.2, 0.25) is 5.91 Å². The van der Waals surface area contributed by atoms with E-state index in [4.69, 9.17) is 9.84 Å². The topological polar surface area (TPSA) is 66.8 Å².